The van der Waals surface area contributed by atoms with Gasteiger partial charge in [-0.2, -0.15) is 0 Å². The average Bonchev–Trinajstić information content (AvgIpc) is 2.45. The first kappa shape index (κ1) is 22.6. The topological polar surface area (TPSA) is 110 Å². The van der Waals surface area contributed by atoms with Gasteiger partial charge in [0.2, 0.25) is 0 Å². The second kappa shape index (κ2) is 14.5. The lowest BCUT2D eigenvalue weighted by molar-refractivity contribution is -0.137. The van der Waals surface area contributed by atoms with Crippen LogP contribution in [0.25, 0.3) is 0 Å². The molecule has 7 nitrogen and oxygen atoms in total. The van der Waals surface area contributed by atoms with Crippen LogP contribution in [0.3, 0.4) is 0 Å². The molecule has 0 heterocycles. The van der Waals surface area contributed by atoms with Gasteiger partial charge in [-0.25, -0.2) is 14.4 Å². The van der Waals surface area contributed by atoms with Crippen molar-refractivity contribution in [1.29, 1.82) is 0 Å². The predicted octanol–water partition coefficient (Wildman–Crippen LogP) is 1.61. The molecule has 0 unspecified atom stereocenters. The number of esters is 1. The van der Waals surface area contributed by atoms with Crippen molar-refractivity contribution in [1.82, 2.24) is 0 Å². The molecule has 0 aliphatic rings. The Kier molecular flexibility index (Phi) is 16.4. The molecule has 7 heteroatoms. The van der Waals surface area contributed by atoms with Crippen LogP contribution >= 0.6 is 0 Å². The highest BCUT2D eigenvalue weighted by atomic mass is 16.5. The molecule has 0 aromatic heterocycles. The number of carboxylic acids is 2. The van der Waals surface area contributed by atoms with Crippen molar-refractivity contribution in [3.05, 3.63) is 37.1 Å². The van der Waals surface area contributed by atoms with Gasteiger partial charge in [0.1, 0.15) is 0 Å². The highest BCUT2D eigenvalue weighted by Gasteiger charge is 2.00. The molecule has 0 atom stereocenters. The van der Waals surface area contributed by atoms with Crippen LogP contribution < -0.4 is 0 Å². The summed E-state index contributed by atoms with van der Waals surface area (Å²) in [6, 6.07) is 0. The summed E-state index contributed by atoms with van der Waals surface area (Å²) in [4.78, 5) is 29.4. The van der Waals surface area contributed by atoms with E-state index in [4.69, 9.17) is 10.2 Å². The van der Waals surface area contributed by atoms with Crippen LogP contribution in [0.4, 0.5) is 0 Å². The largest absolute Gasteiger partial charge is 0.490 e. The molecule has 0 spiro atoms. The van der Waals surface area contributed by atoms with Crippen LogP contribution in [-0.2, 0) is 23.9 Å². The molecule has 0 saturated heterocycles. The first-order valence-corrected chi connectivity index (χ1v) is 5.25. The molecule has 2 N–H and O–H groups in total. The van der Waals surface area contributed by atoms with Gasteiger partial charge in [-0.3, -0.25) is 0 Å². The van der Waals surface area contributed by atoms with Gasteiger partial charge in [-0.15, -0.1) is 0 Å². The zero-order valence-electron chi connectivity index (χ0n) is 11.8. The molecule has 114 valence electrons. The first-order chi connectivity index (χ1) is 9.17. The molecule has 0 radical (unpaired) electrons. The summed E-state index contributed by atoms with van der Waals surface area (Å²) in [6.45, 7) is 11.3. The lowest BCUT2D eigenvalue weighted by Crippen LogP contribution is -2.01. The smallest absolute Gasteiger partial charge is 0.370 e. The molecule has 0 rings (SSSR count). The molecule has 0 aliphatic carbocycles. The standard InChI is InChI=1S/C6H10O2.C4H6O3.C3H4O2/c1-4-5(2)6(7)8-3;1-3(7-2)4(5)6;1-2-3(4)5/h2,4H2,1,3H3;1H2,2H3,(H,5,6);2H,1H2,(H,4,5). The van der Waals surface area contributed by atoms with Crippen LogP contribution in [0.2, 0.25) is 0 Å². The van der Waals surface area contributed by atoms with E-state index in [1.165, 1.54) is 14.2 Å². The zero-order chi connectivity index (χ0) is 16.7. The summed E-state index contributed by atoms with van der Waals surface area (Å²) in [7, 11) is 2.61. The molecular formula is C13H20O7. The molecule has 0 saturated carbocycles. The number of ether oxygens (including phenoxy) is 2. The van der Waals surface area contributed by atoms with Crippen molar-refractivity contribution in [3.63, 3.8) is 0 Å². The van der Waals surface area contributed by atoms with Crippen LogP contribution in [0, 0.1) is 0 Å². The lowest BCUT2D eigenvalue weighted by Gasteiger charge is -1.95. The minimum atomic E-state index is -1.12. The van der Waals surface area contributed by atoms with E-state index in [0.717, 1.165) is 6.08 Å². The second-order valence-electron chi connectivity index (χ2n) is 2.92. The van der Waals surface area contributed by atoms with E-state index in [1.807, 2.05) is 6.92 Å². The van der Waals surface area contributed by atoms with E-state index in [1.54, 1.807) is 0 Å². The van der Waals surface area contributed by atoms with E-state index in [-0.39, 0.29) is 11.7 Å². The Labute approximate surface area is 117 Å². The second-order valence-corrected chi connectivity index (χ2v) is 2.92. The number of carboxylic acid groups (broad SMARTS) is 2. The van der Waals surface area contributed by atoms with Gasteiger partial charge >= 0.3 is 17.9 Å². The average molecular weight is 288 g/mol. The Hall–Kier alpha value is -2.57. The minimum Gasteiger partial charge on any atom is -0.490 e. The number of rotatable bonds is 5. The number of hydrogen-bond acceptors (Lipinski definition) is 5. The van der Waals surface area contributed by atoms with E-state index in [0.29, 0.717) is 12.0 Å². The third kappa shape index (κ3) is 17.8. The summed E-state index contributed by atoms with van der Waals surface area (Å²) >= 11 is 0. The van der Waals surface area contributed by atoms with Crippen LogP contribution in [0.1, 0.15) is 13.3 Å². The van der Waals surface area contributed by atoms with Gasteiger partial charge < -0.3 is 19.7 Å². The molecule has 0 aromatic carbocycles. The summed E-state index contributed by atoms with van der Waals surface area (Å²) in [5.74, 6) is -2.65. The maximum Gasteiger partial charge on any atom is 0.370 e. The van der Waals surface area contributed by atoms with Gasteiger partial charge in [0.25, 0.3) is 0 Å². The Morgan fingerprint density at radius 3 is 1.55 bits per heavy atom. The van der Waals surface area contributed by atoms with E-state index in [2.05, 4.69) is 29.2 Å². The van der Waals surface area contributed by atoms with Gasteiger partial charge in [0.15, 0.2) is 5.76 Å². The summed E-state index contributed by atoms with van der Waals surface area (Å²) in [5, 5.41) is 15.6. The number of carbonyl (C=O) groups excluding carboxylic acids is 1. The van der Waals surface area contributed by atoms with Crippen molar-refractivity contribution >= 4 is 17.9 Å². The van der Waals surface area contributed by atoms with Gasteiger partial charge in [-0.05, 0) is 13.0 Å². The summed E-state index contributed by atoms with van der Waals surface area (Å²) in [6.07, 6.45) is 1.49. The van der Waals surface area contributed by atoms with Gasteiger partial charge in [0.05, 0.1) is 14.2 Å². The molecule has 20 heavy (non-hydrogen) atoms. The Morgan fingerprint density at radius 2 is 1.50 bits per heavy atom. The van der Waals surface area contributed by atoms with Crippen molar-refractivity contribution in [2.75, 3.05) is 14.2 Å². The number of carbonyl (C=O) groups is 3. The van der Waals surface area contributed by atoms with Gasteiger partial charge in [0, 0.05) is 11.6 Å². The van der Waals surface area contributed by atoms with E-state index >= 15 is 0 Å². The SMILES string of the molecule is C=C(CC)C(=O)OC.C=C(OC)C(=O)O.C=CC(=O)O. The monoisotopic (exact) mass is 288 g/mol. The fraction of sp³-hybridized carbons (Fsp3) is 0.308. The molecule has 0 fully saturated rings. The number of methoxy groups -OCH3 is 2. The highest BCUT2D eigenvalue weighted by Crippen LogP contribution is 1.96. The molecule has 0 aromatic rings. The molecular weight excluding hydrogens is 268 g/mol. The summed E-state index contributed by atoms with van der Waals surface area (Å²) in [5.41, 5.74) is 0.521. The number of hydrogen-bond donors (Lipinski definition) is 2. The Bertz CT molecular complexity index is 355. The fourth-order valence-electron chi connectivity index (χ4n) is 0.376. The van der Waals surface area contributed by atoms with Crippen LogP contribution in [0.5, 0.6) is 0 Å². The molecule has 0 bridgehead atoms. The van der Waals surface area contributed by atoms with E-state index in [9.17, 15) is 14.4 Å². The molecule has 0 aliphatic heterocycles. The Balaban J connectivity index is -0.000000223. The minimum absolute atomic E-state index is 0.236. The van der Waals surface area contributed by atoms with Crippen LogP contribution in [0.15, 0.2) is 37.1 Å². The van der Waals surface area contributed by atoms with Crippen molar-refractivity contribution in [2.45, 2.75) is 13.3 Å². The normalized spacial score (nSPS) is 7.55. The highest BCUT2D eigenvalue weighted by molar-refractivity contribution is 5.87. The quantitative estimate of drug-likeness (QED) is 0.449. The third-order valence-corrected chi connectivity index (χ3v) is 1.56. The lowest BCUT2D eigenvalue weighted by atomic mass is 10.2. The van der Waals surface area contributed by atoms with Crippen molar-refractivity contribution < 1.29 is 34.1 Å². The first-order valence-electron chi connectivity index (χ1n) is 5.25. The summed E-state index contributed by atoms with van der Waals surface area (Å²) < 4.78 is 8.58. The van der Waals surface area contributed by atoms with Crippen molar-refractivity contribution in [2.24, 2.45) is 0 Å². The number of aliphatic carboxylic acids is 2. The third-order valence-electron chi connectivity index (χ3n) is 1.56. The van der Waals surface area contributed by atoms with E-state index < -0.39 is 11.9 Å². The zero-order valence-corrected chi connectivity index (χ0v) is 11.8. The van der Waals surface area contributed by atoms with Gasteiger partial charge in [-0.1, -0.05) is 20.1 Å². The fourth-order valence-corrected chi connectivity index (χ4v) is 0.376. The Morgan fingerprint density at radius 1 is 1.10 bits per heavy atom. The predicted molar refractivity (Wildman–Crippen MR) is 73.1 cm³/mol. The van der Waals surface area contributed by atoms with Crippen LogP contribution in [-0.4, -0.2) is 42.3 Å². The maximum atomic E-state index is 10.4. The van der Waals surface area contributed by atoms with Crippen molar-refractivity contribution in [3.8, 4) is 0 Å². The molecule has 0 amide bonds. The maximum absolute atomic E-state index is 10.4.